The lowest BCUT2D eigenvalue weighted by Gasteiger charge is -2.10. The van der Waals surface area contributed by atoms with E-state index in [-0.39, 0.29) is 12.4 Å². The summed E-state index contributed by atoms with van der Waals surface area (Å²) in [4.78, 5) is 11.9. The number of ether oxygens (including phenoxy) is 1. The van der Waals surface area contributed by atoms with E-state index in [9.17, 15) is 18.0 Å². The molecule has 3 rings (SSSR count). The number of aromatic nitrogens is 2. The number of nitrogens with one attached hydrogen (secondary N) is 1. The summed E-state index contributed by atoms with van der Waals surface area (Å²) in [5.74, 6) is 0.00226. The van der Waals surface area contributed by atoms with Gasteiger partial charge in [0.05, 0.1) is 5.56 Å². The van der Waals surface area contributed by atoms with Gasteiger partial charge in [-0.05, 0) is 42.5 Å². The third-order valence-electron chi connectivity index (χ3n) is 3.30. The summed E-state index contributed by atoms with van der Waals surface area (Å²) in [6.45, 7) is -0.351. The fourth-order valence-corrected chi connectivity index (χ4v) is 2.11. The molecule has 1 aromatic heterocycles. The number of hydrogen-bond acceptors (Lipinski definition) is 5. The molecule has 0 saturated carbocycles. The molecule has 1 amide bonds. The van der Waals surface area contributed by atoms with Gasteiger partial charge in [-0.1, -0.05) is 6.07 Å². The number of anilines is 1. The summed E-state index contributed by atoms with van der Waals surface area (Å²) < 4.78 is 47.7. The Kier molecular flexibility index (Phi) is 4.87. The van der Waals surface area contributed by atoms with Crippen LogP contribution < -0.4 is 10.1 Å². The molecule has 0 unspecified atom stereocenters. The zero-order valence-electron chi connectivity index (χ0n) is 13.2. The number of amides is 1. The molecule has 0 atom stereocenters. The van der Waals surface area contributed by atoms with Crippen LogP contribution in [-0.4, -0.2) is 22.7 Å². The molecule has 0 radical (unpaired) electrons. The molecular weight excluding hydrogens is 351 g/mol. The van der Waals surface area contributed by atoms with Crippen molar-refractivity contribution >= 4 is 11.6 Å². The van der Waals surface area contributed by atoms with Crippen molar-refractivity contribution < 1.29 is 27.1 Å². The number of alkyl halides is 3. The van der Waals surface area contributed by atoms with Crippen LogP contribution in [0.5, 0.6) is 5.75 Å². The molecule has 0 bridgehead atoms. The Bertz CT molecular complexity index is 878. The van der Waals surface area contributed by atoms with Gasteiger partial charge in [-0.3, -0.25) is 4.79 Å². The van der Waals surface area contributed by atoms with Crippen LogP contribution in [0.25, 0.3) is 11.5 Å². The minimum absolute atomic E-state index is 0.160. The van der Waals surface area contributed by atoms with Crippen molar-refractivity contribution in [1.82, 2.24) is 10.2 Å². The Morgan fingerprint density at radius 2 is 1.92 bits per heavy atom. The van der Waals surface area contributed by atoms with Crippen LogP contribution in [0.3, 0.4) is 0 Å². The first kappa shape index (κ1) is 17.5. The normalized spacial score (nSPS) is 11.2. The monoisotopic (exact) mass is 363 g/mol. The number of halogens is 3. The average molecular weight is 363 g/mol. The number of benzene rings is 2. The second kappa shape index (κ2) is 7.26. The summed E-state index contributed by atoms with van der Waals surface area (Å²) >= 11 is 0. The van der Waals surface area contributed by atoms with E-state index in [0.717, 1.165) is 24.3 Å². The smallest absolute Gasteiger partial charge is 0.416 e. The molecule has 0 spiro atoms. The van der Waals surface area contributed by atoms with Gasteiger partial charge in [0.25, 0.3) is 5.91 Å². The molecule has 1 N–H and O–H groups in total. The van der Waals surface area contributed by atoms with Gasteiger partial charge in [0.2, 0.25) is 12.3 Å². The summed E-state index contributed by atoms with van der Waals surface area (Å²) in [6, 6.07) is 10.8. The third kappa shape index (κ3) is 4.38. The number of rotatable bonds is 5. The maximum absolute atomic E-state index is 12.5. The largest absolute Gasteiger partial charge is 0.484 e. The minimum atomic E-state index is -4.42. The first-order chi connectivity index (χ1) is 12.4. The molecule has 0 saturated heterocycles. The Hall–Kier alpha value is -3.36. The van der Waals surface area contributed by atoms with Crippen LogP contribution >= 0.6 is 0 Å². The third-order valence-corrected chi connectivity index (χ3v) is 3.30. The van der Waals surface area contributed by atoms with Crippen molar-refractivity contribution in [3.8, 4) is 17.2 Å². The Morgan fingerprint density at radius 3 is 2.58 bits per heavy atom. The molecule has 0 aliphatic rings. The van der Waals surface area contributed by atoms with E-state index in [0.29, 0.717) is 17.1 Å². The Labute approximate surface area is 145 Å². The highest BCUT2D eigenvalue weighted by Crippen LogP contribution is 2.30. The maximum atomic E-state index is 12.5. The summed E-state index contributed by atoms with van der Waals surface area (Å²) in [6.07, 6.45) is -3.22. The van der Waals surface area contributed by atoms with Crippen molar-refractivity contribution in [2.24, 2.45) is 0 Å². The molecule has 3 aromatic rings. The van der Waals surface area contributed by atoms with Gasteiger partial charge in [0, 0.05) is 11.3 Å². The highest BCUT2D eigenvalue weighted by molar-refractivity contribution is 5.92. The lowest BCUT2D eigenvalue weighted by molar-refractivity contribution is -0.137. The van der Waals surface area contributed by atoms with Crippen molar-refractivity contribution in [1.29, 1.82) is 0 Å². The highest BCUT2D eigenvalue weighted by atomic mass is 19.4. The van der Waals surface area contributed by atoms with Gasteiger partial charge in [-0.2, -0.15) is 13.2 Å². The summed E-state index contributed by atoms with van der Waals surface area (Å²) in [5.41, 5.74) is 0.331. The van der Waals surface area contributed by atoms with Gasteiger partial charge >= 0.3 is 6.18 Å². The number of nitrogens with zero attached hydrogens (tertiary/aromatic N) is 2. The fraction of sp³-hybridized carbons (Fsp3) is 0.118. The zero-order valence-corrected chi connectivity index (χ0v) is 13.2. The standard InChI is InChI=1S/C17H12F3N3O3/c18-17(19,20)12-4-6-14(7-5-12)25-9-15(24)22-13-3-1-2-11(8-13)16-23-21-10-26-16/h1-8,10H,9H2,(H,22,24). The minimum Gasteiger partial charge on any atom is -0.484 e. The topological polar surface area (TPSA) is 77.2 Å². The second-order valence-electron chi connectivity index (χ2n) is 5.18. The average Bonchev–Trinajstić information content (AvgIpc) is 3.14. The second-order valence-corrected chi connectivity index (χ2v) is 5.18. The zero-order chi connectivity index (χ0) is 18.6. The quantitative estimate of drug-likeness (QED) is 0.747. The predicted molar refractivity (Wildman–Crippen MR) is 85.3 cm³/mol. The molecular formula is C17H12F3N3O3. The van der Waals surface area contributed by atoms with Crippen LogP contribution in [-0.2, 0) is 11.0 Å². The lowest BCUT2D eigenvalue weighted by Crippen LogP contribution is -2.20. The Balaban J connectivity index is 1.57. The van der Waals surface area contributed by atoms with Crippen LogP contribution in [0, 0.1) is 0 Å². The number of carbonyl (C=O) groups is 1. The van der Waals surface area contributed by atoms with Gasteiger partial charge in [-0.25, -0.2) is 0 Å². The first-order valence-corrected chi connectivity index (χ1v) is 7.38. The SMILES string of the molecule is O=C(COc1ccc(C(F)(F)F)cc1)Nc1cccc(-c2nnco2)c1. The molecule has 1 heterocycles. The molecule has 0 aliphatic carbocycles. The van der Waals surface area contributed by atoms with E-state index in [2.05, 4.69) is 15.5 Å². The highest BCUT2D eigenvalue weighted by Gasteiger charge is 2.30. The van der Waals surface area contributed by atoms with E-state index < -0.39 is 17.6 Å². The molecule has 0 fully saturated rings. The van der Waals surface area contributed by atoms with E-state index in [1.165, 1.54) is 6.39 Å². The molecule has 6 nitrogen and oxygen atoms in total. The van der Waals surface area contributed by atoms with Crippen molar-refractivity contribution in [3.05, 3.63) is 60.5 Å². The van der Waals surface area contributed by atoms with Gasteiger partial charge in [0.15, 0.2) is 6.61 Å². The van der Waals surface area contributed by atoms with Gasteiger partial charge in [0.1, 0.15) is 5.75 Å². The lowest BCUT2D eigenvalue weighted by atomic mass is 10.2. The van der Waals surface area contributed by atoms with E-state index in [1.807, 2.05) is 0 Å². The van der Waals surface area contributed by atoms with Crippen molar-refractivity contribution in [2.45, 2.75) is 6.18 Å². The molecule has 134 valence electrons. The van der Waals surface area contributed by atoms with Crippen LogP contribution in [0.15, 0.2) is 59.3 Å². The summed E-state index contributed by atoms with van der Waals surface area (Å²) in [7, 11) is 0. The van der Waals surface area contributed by atoms with Crippen molar-refractivity contribution in [2.75, 3.05) is 11.9 Å². The van der Waals surface area contributed by atoms with Crippen molar-refractivity contribution in [3.63, 3.8) is 0 Å². The predicted octanol–water partition coefficient (Wildman–Crippen LogP) is 3.77. The van der Waals surface area contributed by atoms with E-state index in [1.54, 1.807) is 24.3 Å². The van der Waals surface area contributed by atoms with E-state index >= 15 is 0 Å². The Morgan fingerprint density at radius 1 is 1.15 bits per heavy atom. The fourth-order valence-electron chi connectivity index (χ4n) is 2.11. The molecule has 0 aliphatic heterocycles. The van der Waals surface area contributed by atoms with Gasteiger partial charge in [-0.15, -0.1) is 10.2 Å². The molecule has 2 aromatic carbocycles. The maximum Gasteiger partial charge on any atom is 0.416 e. The molecule has 9 heteroatoms. The van der Waals surface area contributed by atoms with Crippen LogP contribution in [0.4, 0.5) is 18.9 Å². The van der Waals surface area contributed by atoms with Gasteiger partial charge < -0.3 is 14.5 Å². The first-order valence-electron chi connectivity index (χ1n) is 7.38. The number of hydrogen-bond donors (Lipinski definition) is 1. The summed E-state index contributed by atoms with van der Waals surface area (Å²) in [5, 5.41) is 9.97. The van der Waals surface area contributed by atoms with Crippen LogP contribution in [0.2, 0.25) is 0 Å². The number of carbonyl (C=O) groups excluding carboxylic acids is 1. The molecule has 26 heavy (non-hydrogen) atoms. The van der Waals surface area contributed by atoms with E-state index in [4.69, 9.17) is 9.15 Å². The van der Waals surface area contributed by atoms with Crippen LogP contribution in [0.1, 0.15) is 5.56 Å².